The molecule has 0 spiro atoms. The van der Waals surface area contributed by atoms with E-state index in [-0.39, 0.29) is 5.75 Å². The van der Waals surface area contributed by atoms with E-state index < -0.39 is 10.1 Å². The summed E-state index contributed by atoms with van der Waals surface area (Å²) in [7, 11) is 0.203. The number of quaternary nitrogens is 1. The van der Waals surface area contributed by atoms with Gasteiger partial charge in [-0.1, -0.05) is 129 Å². The van der Waals surface area contributed by atoms with Gasteiger partial charge < -0.3 is 9.04 Å². The van der Waals surface area contributed by atoms with Crippen LogP contribution in [0.3, 0.4) is 0 Å². The third-order valence-corrected chi connectivity index (χ3v) is 7.81. The van der Waals surface area contributed by atoms with Gasteiger partial charge in [-0.3, -0.25) is 0 Å². The maximum atomic E-state index is 10.7. The standard InChI is InChI=1S/C28H59NO3S/c1-4-5-6-7-8-9-10-11-12-13-14-15-16-17-18-19-20-21-22-23-24-26-29(2,3)27-25-28-33(30,31)32/h4-28H2,1-3H3. The molecule has 0 aromatic heterocycles. The second-order valence-electron chi connectivity index (χ2n) is 11.1. The third-order valence-electron chi connectivity index (χ3n) is 7.02. The zero-order chi connectivity index (χ0) is 24.7. The number of hydrogen-bond acceptors (Lipinski definition) is 3. The van der Waals surface area contributed by atoms with Crippen LogP contribution in [-0.2, 0) is 10.1 Å². The second-order valence-corrected chi connectivity index (χ2v) is 12.6. The van der Waals surface area contributed by atoms with Gasteiger partial charge in [-0.05, 0) is 12.8 Å². The van der Waals surface area contributed by atoms with E-state index in [0.717, 1.165) is 17.6 Å². The summed E-state index contributed by atoms with van der Waals surface area (Å²) in [6.07, 6.45) is 29.9. The van der Waals surface area contributed by atoms with Crippen LogP contribution < -0.4 is 0 Å². The van der Waals surface area contributed by atoms with Gasteiger partial charge in [-0.15, -0.1) is 0 Å². The molecule has 0 bridgehead atoms. The minimum atomic E-state index is -4.06. The normalized spacial score (nSPS) is 12.5. The van der Waals surface area contributed by atoms with Crippen LogP contribution in [0.5, 0.6) is 0 Å². The van der Waals surface area contributed by atoms with Gasteiger partial charge in [0.05, 0.1) is 37.3 Å². The van der Waals surface area contributed by atoms with Crippen molar-refractivity contribution in [2.24, 2.45) is 0 Å². The molecule has 0 aliphatic carbocycles. The molecular formula is C28H59NO3S. The van der Waals surface area contributed by atoms with Crippen LogP contribution in [0.15, 0.2) is 0 Å². The summed E-state index contributed by atoms with van der Waals surface area (Å²) >= 11 is 0. The molecule has 33 heavy (non-hydrogen) atoms. The van der Waals surface area contributed by atoms with Crippen molar-refractivity contribution in [1.82, 2.24) is 0 Å². The first-order chi connectivity index (χ1) is 15.8. The lowest BCUT2D eigenvalue weighted by Gasteiger charge is -2.30. The van der Waals surface area contributed by atoms with Crippen LogP contribution >= 0.6 is 0 Å². The van der Waals surface area contributed by atoms with Gasteiger partial charge in [0.2, 0.25) is 0 Å². The van der Waals surface area contributed by atoms with Crippen LogP contribution in [0.4, 0.5) is 0 Å². The fourth-order valence-corrected chi connectivity index (χ4v) is 5.24. The van der Waals surface area contributed by atoms with E-state index in [2.05, 4.69) is 21.0 Å². The van der Waals surface area contributed by atoms with Gasteiger partial charge in [-0.2, -0.15) is 0 Å². The van der Waals surface area contributed by atoms with Crippen LogP contribution in [0.25, 0.3) is 0 Å². The zero-order valence-electron chi connectivity index (χ0n) is 22.8. The van der Waals surface area contributed by atoms with Crippen LogP contribution in [0, 0.1) is 0 Å². The smallest absolute Gasteiger partial charge is 0.0948 e. The highest BCUT2D eigenvalue weighted by Gasteiger charge is 2.14. The number of hydrogen-bond donors (Lipinski definition) is 0. The van der Waals surface area contributed by atoms with Gasteiger partial charge in [0.1, 0.15) is 0 Å². The maximum absolute atomic E-state index is 10.7. The number of unbranched alkanes of at least 4 members (excludes halogenated alkanes) is 20. The minimum Gasteiger partial charge on any atom is -0.748 e. The second kappa shape index (κ2) is 22.3. The third kappa shape index (κ3) is 28.0. The molecule has 0 rings (SSSR count). The van der Waals surface area contributed by atoms with Crippen LogP contribution in [-0.4, -0.2) is 50.4 Å². The first-order valence-corrected chi connectivity index (χ1v) is 16.1. The lowest BCUT2D eigenvalue weighted by Crippen LogP contribution is -2.41. The zero-order valence-corrected chi connectivity index (χ0v) is 23.6. The lowest BCUT2D eigenvalue weighted by atomic mass is 10.0. The molecule has 0 amide bonds. The van der Waals surface area contributed by atoms with Gasteiger partial charge in [0.15, 0.2) is 0 Å². The van der Waals surface area contributed by atoms with E-state index in [0.29, 0.717) is 6.42 Å². The summed E-state index contributed by atoms with van der Waals surface area (Å²) in [5.74, 6) is -0.228. The van der Waals surface area contributed by atoms with Crippen molar-refractivity contribution >= 4 is 10.1 Å². The lowest BCUT2D eigenvalue weighted by molar-refractivity contribution is -0.890. The summed E-state index contributed by atoms with van der Waals surface area (Å²) in [6.45, 7) is 4.12. The van der Waals surface area contributed by atoms with Crippen molar-refractivity contribution in [3.05, 3.63) is 0 Å². The van der Waals surface area contributed by atoms with Crippen molar-refractivity contribution in [3.8, 4) is 0 Å². The molecule has 0 fully saturated rings. The predicted octanol–water partition coefficient (Wildman–Crippen LogP) is 8.21. The highest BCUT2D eigenvalue weighted by atomic mass is 32.2. The largest absolute Gasteiger partial charge is 0.748 e. The Morgan fingerprint density at radius 3 is 1.06 bits per heavy atom. The van der Waals surface area contributed by atoms with Crippen molar-refractivity contribution in [3.63, 3.8) is 0 Å². The van der Waals surface area contributed by atoms with Crippen molar-refractivity contribution in [1.29, 1.82) is 0 Å². The highest BCUT2D eigenvalue weighted by Crippen LogP contribution is 2.15. The van der Waals surface area contributed by atoms with Crippen molar-refractivity contribution in [2.45, 2.75) is 148 Å². The van der Waals surface area contributed by atoms with Crippen molar-refractivity contribution in [2.75, 3.05) is 32.9 Å². The average molecular weight is 490 g/mol. The Labute approximate surface area is 208 Å². The Hall–Kier alpha value is -0.130. The Morgan fingerprint density at radius 1 is 0.485 bits per heavy atom. The van der Waals surface area contributed by atoms with E-state index in [9.17, 15) is 13.0 Å². The number of rotatable bonds is 26. The molecule has 0 radical (unpaired) electrons. The van der Waals surface area contributed by atoms with Gasteiger partial charge in [0.25, 0.3) is 0 Å². The molecule has 0 saturated carbocycles. The number of nitrogens with zero attached hydrogens (tertiary/aromatic N) is 1. The maximum Gasteiger partial charge on any atom is 0.0948 e. The minimum absolute atomic E-state index is 0.228. The first-order valence-electron chi connectivity index (χ1n) is 14.5. The molecule has 5 heteroatoms. The topological polar surface area (TPSA) is 57.2 Å². The van der Waals surface area contributed by atoms with E-state index in [1.807, 2.05) is 0 Å². The Bertz CT molecular complexity index is 505. The van der Waals surface area contributed by atoms with E-state index >= 15 is 0 Å². The first kappa shape index (κ1) is 32.9. The van der Waals surface area contributed by atoms with Crippen LogP contribution in [0.2, 0.25) is 0 Å². The molecule has 0 atom stereocenters. The fourth-order valence-electron chi connectivity index (χ4n) is 4.75. The summed E-state index contributed by atoms with van der Waals surface area (Å²) < 4.78 is 32.9. The molecular weight excluding hydrogens is 430 g/mol. The molecule has 0 aromatic rings. The molecule has 0 heterocycles. The van der Waals surface area contributed by atoms with Crippen molar-refractivity contribution < 1.29 is 17.5 Å². The fraction of sp³-hybridized carbons (Fsp3) is 1.00. The molecule has 0 N–H and O–H groups in total. The van der Waals surface area contributed by atoms with Gasteiger partial charge in [0, 0.05) is 12.2 Å². The summed E-state index contributed by atoms with van der Waals surface area (Å²) in [5, 5.41) is 0. The Morgan fingerprint density at radius 2 is 0.758 bits per heavy atom. The Balaban J connectivity index is 3.24. The molecule has 0 unspecified atom stereocenters. The SMILES string of the molecule is CCCCCCCCCCCCCCCCCCCCCCC[N+](C)(C)CCCS(=O)(=O)[O-]. The van der Waals surface area contributed by atoms with E-state index in [1.165, 1.54) is 135 Å². The monoisotopic (exact) mass is 489 g/mol. The Kier molecular flexibility index (Phi) is 22.3. The van der Waals surface area contributed by atoms with Gasteiger partial charge >= 0.3 is 0 Å². The molecule has 200 valence electrons. The van der Waals surface area contributed by atoms with E-state index in [1.54, 1.807) is 0 Å². The van der Waals surface area contributed by atoms with Crippen LogP contribution in [0.1, 0.15) is 148 Å². The molecule has 0 aliphatic heterocycles. The average Bonchev–Trinajstić information content (AvgIpc) is 2.73. The molecule has 0 saturated heterocycles. The summed E-state index contributed by atoms with van der Waals surface area (Å²) in [4.78, 5) is 0. The summed E-state index contributed by atoms with van der Waals surface area (Å²) in [5.41, 5.74) is 0. The molecule has 4 nitrogen and oxygen atoms in total. The van der Waals surface area contributed by atoms with Gasteiger partial charge in [-0.25, -0.2) is 8.42 Å². The predicted molar refractivity (Wildman–Crippen MR) is 144 cm³/mol. The highest BCUT2D eigenvalue weighted by molar-refractivity contribution is 7.85. The molecule has 0 aliphatic rings. The molecule has 0 aromatic carbocycles. The van der Waals surface area contributed by atoms with E-state index in [4.69, 9.17) is 0 Å². The quantitative estimate of drug-likeness (QED) is 0.0698. The summed E-state index contributed by atoms with van der Waals surface area (Å²) in [6, 6.07) is 0.